The number of aliphatic imine (C=N–C) groups is 1. The number of benzene rings is 1. The Balaban J connectivity index is 0.00000320. The molecule has 0 aliphatic carbocycles. The van der Waals surface area contributed by atoms with Crippen LogP contribution in [0.2, 0.25) is 5.02 Å². The summed E-state index contributed by atoms with van der Waals surface area (Å²) in [6.07, 6.45) is 2.84. The van der Waals surface area contributed by atoms with Crippen molar-refractivity contribution in [1.29, 1.82) is 0 Å². The predicted octanol–water partition coefficient (Wildman–Crippen LogP) is 3.37. The van der Waals surface area contributed by atoms with E-state index in [1.165, 1.54) is 0 Å². The molecule has 1 atom stereocenters. The Bertz CT molecular complexity index is 863. The minimum Gasteiger partial charge on any atom is -0.495 e. The number of nitrogens with zero attached hydrogens (tertiary/aromatic N) is 4. The van der Waals surface area contributed by atoms with E-state index in [2.05, 4.69) is 31.6 Å². The molecule has 1 saturated heterocycles. The molecule has 164 valence electrons. The second-order valence-electron chi connectivity index (χ2n) is 7.23. The highest BCUT2D eigenvalue weighted by Crippen LogP contribution is 2.33. The van der Waals surface area contributed by atoms with Gasteiger partial charge in [-0.05, 0) is 42.3 Å². The molecule has 0 radical (unpaired) electrons. The maximum atomic E-state index is 6.19. The molecule has 0 amide bonds. The minimum atomic E-state index is 0. The second kappa shape index (κ2) is 11.5. The molecule has 1 aliphatic rings. The van der Waals surface area contributed by atoms with Crippen molar-refractivity contribution in [2.24, 2.45) is 4.99 Å². The molecule has 7 nitrogen and oxygen atoms in total. The van der Waals surface area contributed by atoms with Crippen molar-refractivity contribution in [1.82, 2.24) is 15.6 Å². The number of methoxy groups -OCH3 is 1. The fraction of sp³-hybridized carbons (Fsp3) is 0.429. The zero-order valence-electron chi connectivity index (χ0n) is 17.9. The van der Waals surface area contributed by atoms with Crippen LogP contribution in [0.3, 0.4) is 0 Å². The lowest BCUT2D eigenvalue weighted by molar-refractivity contribution is 0.415. The van der Waals surface area contributed by atoms with E-state index in [-0.39, 0.29) is 24.0 Å². The van der Waals surface area contributed by atoms with Gasteiger partial charge in [0, 0.05) is 58.0 Å². The molecule has 30 heavy (non-hydrogen) atoms. The summed E-state index contributed by atoms with van der Waals surface area (Å²) in [7, 11) is 7.45. The van der Waals surface area contributed by atoms with Crippen LogP contribution in [0.15, 0.2) is 41.5 Å². The number of hydrogen-bond donors (Lipinski definition) is 2. The Hall–Kier alpha value is -1.94. The maximum Gasteiger partial charge on any atom is 0.191 e. The second-order valence-corrected chi connectivity index (χ2v) is 7.67. The molecule has 1 aromatic heterocycles. The van der Waals surface area contributed by atoms with Crippen molar-refractivity contribution in [3.63, 3.8) is 0 Å². The molecule has 0 spiro atoms. The highest BCUT2D eigenvalue weighted by Gasteiger charge is 2.25. The summed E-state index contributed by atoms with van der Waals surface area (Å²) < 4.78 is 5.50. The van der Waals surface area contributed by atoms with Gasteiger partial charge in [-0.1, -0.05) is 11.6 Å². The number of aromatic nitrogens is 1. The van der Waals surface area contributed by atoms with Crippen molar-refractivity contribution in [2.75, 3.05) is 51.1 Å². The summed E-state index contributed by atoms with van der Waals surface area (Å²) >= 11 is 6.19. The smallest absolute Gasteiger partial charge is 0.191 e. The maximum absolute atomic E-state index is 6.19. The van der Waals surface area contributed by atoms with Crippen LogP contribution in [0.5, 0.6) is 5.75 Å². The van der Waals surface area contributed by atoms with Crippen LogP contribution < -0.4 is 25.2 Å². The summed E-state index contributed by atoms with van der Waals surface area (Å²) in [4.78, 5) is 13.0. The number of halogens is 2. The third-order valence-corrected chi connectivity index (χ3v) is 5.20. The number of pyridine rings is 1. The summed E-state index contributed by atoms with van der Waals surface area (Å²) in [6, 6.07) is 10.1. The Kier molecular flexibility index (Phi) is 9.29. The minimum absolute atomic E-state index is 0. The van der Waals surface area contributed by atoms with Gasteiger partial charge in [-0.3, -0.25) is 4.99 Å². The van der Waals surface area contributed by atoms with Crippen molar-refractivity contribution in [3.05, 3.63) is 47.1 Å². The average molecular weight is 545 g/mol. The van der Waals surface area contributed by atoms with E-state index >= 15 is 0 Å². The summed E-state index contributed by atoms with van der Waals surface area (Å²) in [5.74, 6) is 2.57. The first kappa shape index (κ1) is 24.3. The van der Waals surface area contributed by atoms with Crippen LogP contribution in [0.1, 0.15) is 12.0 Å². The van der Waals surface area contributed by atoms with Crippen LogP contribution in [-0.4, -0.2) is 58.3 Å². The highest BCUT2D eigenvalue weighted by atomic mass is 127. The van der Waals surface area contributed by atoms with Crippen LogP contribution in [-0.2, 0) is 6.54 Å². The zero-order valence-corrected chi connectivity index (χ0v) is 20.9. The molecule has 1 aliphatic heterocycles. The van der Waals surface area contributed by atoms with E-state index < -0.39 is 0 Å². The lowest BCUT2D eigenvalue weighted by Crippen LogP contribution is -2.44. The van der Waals surface area contributed by atoms with Crippen LogP contribution in [0.25, 0.3) is 0 Å². The normalized spacial score (nSPS) is 16.1. The molecule has 2 N–H and O–H groups in total. The molecule has 0 bridgehead atoms. The number of guanidine groups is 1. The van der Waals surface area contributed by atoms with Gasteiger partial charge in [0.2, 0.25) is 0 Å². The van der Waals surface area contributed by atoms with Gasteiger partial charge in [0.05, 0.1) is 12.8 Å². The highest BCUT2D eigenvalue weighted by molar-refractivity contribution is 14.0. The van der Waals surface area contributed by atoms with Crippen molar-refractivity contribution in [2.45, 2.75) is 19.0 Å². The van der Waals surface area contributed by atoms with E-state index in [9.17, 15) is 0 Å². The molecule has 0 saturated carbocycles. The van der Waals surface area contributed by atoms with E-state index in [0.717, 1.165) is 48.3 Å². The third-order valence-electron chi connectivity index (χ3n) is 4.96. The van der Waals surface area contributed by atoms with Crippen molar-refractivity contribution >= 4 is 53.0 Å². The van der Waals surface area contributed by atoms with Gasteiger partial charge in [-0.25, -0.2) is 4.98 Å². The first-order valence-corrected chi connectivity index (χ1v) is 10.1. The van der Waals surface area contributed by atoms with Gasteiger partial charge in [-0.2, -0.15) is 0 Å². The quantitative estimate of drug-likeness (QED) is 0.330. The third kappa shape index (κ3) is 6.28. The average Bonchev–Trinajstić information content (AvgIpc) is 3.19. The lowest BCUT2D eigenvalue weighted by atomic mass is 10.2. The largest absolute Gasteiger partial charge is 0.495 e. The fourth-order valence-corrected chi connectivity index (χ4v) is 3.56. The van der Waals surface area contributed by atoms with Gasteiger partial charge in [0.15, 0.2) is 5.96 Å². The standard InChI is InChI=1S/C21H29ClN6O.HI/c1-23-21(25-13-15-7-9-24-20(11-15)27(2)3)26-17-8-10-28(14-17)18-12-16(22)5-6-19(18)29-4;/h5-7,9,11-12,17H,8,10,13-14H2,1-4H3,(H2,23,25,26);1H. The Morgan fingerprint density at radius 3 is 2.83 bits per heavy atom. The van der Waals surface area contributed by atoms with Gasteiger partial charge in [0.1, 0.15) is 11.6 Å². The topological polar surface area (TPSA) is 65.0 Å². The van der Waals surface area contributed by atoms with Gasteiger partial charge < -0.3 is 25.2 Å². The lowest BCUT2D eigenvalue weighted by Gasteiger charge is -2.22. The fourth-order valence-electron chi connectivity index (χ4n) is 3.40. The van der Waals surface area contributed by atoms with Gasteiger partial charge >= 0.3 is 0 Å². The Morgan fingerprint density at radius 1 is 1.33 bits per heavy atom. The monoisotopic (exact) mass is 544 g/mol. The van der Waals surface area contributed by atoms with Crippen molar-refractivity contribution in [3.8, 4) is 5.75 Å². The Labute approximate surface area is 200 Å². The molecule has 1 unspecified atom stereocenters. The van der Waals surface area contributed by atoms with E-state index in [4.69, 9.17) is 16.3 Å². The van der Waals surface area contributed by atoms with E-state index in [1.807, 2.05) is 49.5 Å². The number of nitrogens with one attached hydrogen (secondary N) is 2. The number of ether oxygens (including phenoxy) is 1. The summed E-state index contributed by atoms with van der Waals surface area (Å²) in [6.45, 7) is 2.47. The molecule has 3 rings (SSSR count). The molecular formula is C21H30ClIN6O. The van der Waals surface area contributed by atoms with Crippen molar-refractivity contribution < 1.29 is 4.74 Å². The van der Waals surface area contributed by atoms with Crippen LogP contribution in [0.4, 0.5) is 11.5 Å². The molecule has 2 aromatic rings. The predicted molar refractivity (Wildman–Crippen MR) is 136 cm³/mol. The molecule has 2 heterocycles. The van der Waals surface area contributed by atoms with Crippen LogP contribution in [0, 0.1) is 0 Å². The summed E-state index contributed by atoms with van der Waals surface area (Å²) in [5, 5.41) is 7.63. The number of hydrogen-bond acceptors (Lipinski definition) is 5. The van der Waals surface area contributed by atoms with E-state index in [1.54, 1.807) is 14.2 Å². The first-order chi connectivity index (χ1) is 14.0. The number of rotatable bonds is 6. The van der Waals surface area contributed by atoms with E-state index in [0.29, 0.717) is 17.6 Å². The van der Waals surface area contributed by atoms with Gasteiger partial charge in [0.25, 0.3) is 0 Å². The first-order valence-electron chi connectivity index (χ1n) is 9.68. The molecule has 1 fully saturated rings. The van der Waals surface area contributed by atoms with Crippen LogP contribution >= 0.6 is 35.6 Å². The Morgan fingerprint density at radius 2 is 2.13 bits per heavy atom. The SMILES string of the molecule is CN=C(NCc1ccnc(N(C)C)c1)NC1CCN(c2cc(Cl)ccc2OC)C1.I. The number of anilines is 2. The van der Waals surface area contributed by atoms with Gasteiger partial charge in [-0.15, -0.1) is 24.0 Å². The zero-order chi connectivity index (χ0) is 20.8. The molecule has 9 heteroatoms. The molecular weight excluding hydrogens is 515 g/mol. The molecule has 1 aromatic carbocycles. The summed E-state index contributed by atoms with van der Waals surface area (Å²) in [5.41, 5.74) is 2.18.